The van der Waals surface area contributed by atoms with Gasteiger partial charge in [-0.2, -0.15) is 0 Å². The number of ether oxygens (including phenoxy) is 1. The average Bonchev–Trinajstić information content (AvgIpc) is 2.43. The summed E-state index contributed by atoms with van der Waals surface area (Å²) in [7, 11) is 0. The summed E-state index contributed by atoms with van der Waals surface area (Å²) in [4.78, 5) is 12.0. The number of nitrogens with one attached hydrogen (secondary N) is 1. The highest BCUT2D eigenvalue weighted by Crippen LogP contribution is 2.23. The van der Waals surface area contributed by atoms with E-state index in [1.165, 1.54) is 0 Å². The van der Waals surface area contributed by atoms with E-state index in [1.807, 2.05) is 19.9 Å². The van der Waals surface area contributed by atoms with Crippen LogP contribution in [0.2, 0.25) is 0 Å². The van der Waals surface area contributed by atoms with Crippen LogP contribution in [0.15, 0.2) is 22.7 Å². The Morgan fingerprint density at radius 3 is 2.65 bits per heavy atom. The Kier molecular flexibility index (Phi) is 6.95. The van der Waals surface area contributed by atoms with E-state index in [0.717, 1.165) is 17.3 Å². The first-order chi connectivity index (χ1) is 9.47. The second kappa shape index (κ2) is 8.21. The number of benzene rings is 1. The SMILES string of the molecule is CCC(CC)NC(=O)COc1ccc(Br)cc1C(N)=S. The highest BCUT2D eigenvalue weighted by atomic mass is 79.9. The number of hydrogen-bond donors (Lipinski definition) is 2. The fourth-order valence-electron chi connectivity index (χ4n) is 1.73. The van der Waals surface area contributed by atoms with Crippen molar-refractivity contribution in [3.05, 3.63) is 28.2 Å². The molecule has 6 heteroatoms. The molecule has 1 amide bonds. The number of hydrogen-bond acceptors (Lipinski definition) is 3. The molecule has 0 aliphatic carbocycles. The molecule has 0 fully saturated rings. The van der Waals surface area contributed by atoms with Gasteiger partial charge in [0.1, 0.15) is 10.7 Å². The molecule has 1 rings (SSSR count). The first kappa shape index (κ1) is 16.9. The fraction of sp³-hybridized carbons (Fsp3) is 0.429. The van der Waals surface area contributed by atoms with E-state index in [4.69, 9.17) is 22.7 Å². The third-order valence-electron chi connectivity index (χ3n) is 2.92. The number of amides is 1. The molecule has 110 valence electrons. The predicted octanol–water partition coefficient (Wildman–Crippen LogP) is 2.77. The van der Waals surface area contributed by atoms with Crippen LogP contribution in [0.4, 0.5) is 0 Å². The minimum Gasteiger partial charge on any atom is -0.483 e. The summed E-state index contributed by atoms with van der Waals surface area (Å²) in [6.45, 7) is 4.03. The zero-order chi connectivity index (χ0) is 15.1. The lowest BCUT2D eigenvalue weighted by molar-refractivity contribution is -0.123. The van der Waals surface area contributed by atoms with Gasteiger partial charge in [0.05, 0.1) is 5.56 Å². The average molecular weight is 359 g/mol. The van der Waals surface area contributed by atoms with E-state index in [1.54, 1.807) is 12.1 Å². The van der Waals surface area contributed by atoms with Crippen LogP contribution in [0.3, 0.4) is 0 Å². The normalized spacial score (nSPS) is 10.4. The van der Waals surface area contributed by atoms with Crippen LogP contribution >= 0.6 is 28.1 Å². The number of thiocarbonyl (C=S) groups is 1. The highest BCUT2D eigenvalue weighted by Gasteiger charge is 2.12. The van der Waals surface area contributed by atoms with E-state index in [9.17, 15) is 4.79 Å². The molecular formula is C14H19BrN2O2S. The summed E-state index contributed by atoms with van der Waals surface area (Å²) < 4.78 is 6.36. The maximum atomic E-state index is 11.8. The maximum absolute atomic E-state index is 11.8. The molecule has 1 aromatic rings. The van der Waals surface area contributed by atoms with E-state index >= 15 is 0 Å². The van der Waals surface area contributed by atoms with Gasteiger partial charge in [0.15, 0.2) is 6.61 Å². The summed E-state index contributed by atoms with van der Waals surface area (Å²) in [5.74, 6) is 0.371. The lowest BCUT2D eigenvalue weighted by Crippen LogP contribution is -2.37. The number of rotatable bonds is 7. The van der Waals surface area contributed by atoms with E-state index in [-0.39, 0.29) is 23.5 Å². The van der Waals surface area contributed by atoms with Gasteiger partial charge in [-0.1, -0.05) is 42.0 Å². The van der Waals surface area contributed by atoms with Crippen LogP contribution in [0.5, 0.6) is 5.75 Å². The largest absolute Gasteiger partial charge is 0.483 e. The molecule has 0 heterocycles. The number of carbonyl (C=O) groups excluding carboxylic acids is 1. The van der Waals surface area contributed by atoms with Crippen molar-refractivity contribution in [2.24, 2.45) is 5.73 Å². The van der Waals surface area contributed by atoms with Gasteiger partial charge in [0.2, 0.25) is 0 Å². The van der Waals surface area contributed by atoms with Crippen molar-refractivity contribution in [2.45, 2.75) is 32.7 Å². The molecule has 3 N–H and O–H groups in total. The Labute approximate surface area is 133 Å². The molecule has 0 aliphatic rings. The second-order valence-corrected chi connectivity index (χ2v) is 5.73. The number of nitrogens with two attached hydrogens (primary N) is 1. The molecule has 20 heavy (non-hydrogen) atoms. The second-order valence-electron chi connectivity index (χ2n) is 4.37. The summed E-state index contributed by atoms with van der Waals surface area (Å²) in [5, 5.41) is 2.91. The molecule has 0 saturated heterocycles. The van der Waals surface area contributed by atoms with Crippen LogP contribution in [0, 0.1) is 0 Å². The molecule has 0 radical (unpaired) electrons. The molecule has 0 aliphatic heterocycles. The molecule has 0 atom stereocenters. The molecule has 0 spiro atoms. The van der Waals surface area contributed by atoms with E-state index in [2.05, 4.69) is 21.2 Å². The van der Waals surface area contributed by atoms with Gasteiger partial charge >= 0.3 is 0 Å². The Balaban J connectivity index is 2.66. The Hall–Kier alpha value is -1.14. The molecule has 4 nitrogen and oxygen atoms in total. The summed E-state index contributed by atoms with van der Waals surface area (Å²) >= 11 is 8.32. The third kappa shape index (κ3) is 5.09. The predicted molar refractivity (Wildman–Crippen MR) is 88.0 cm³/mol. The molecule has 1 aromatic carbocycles. The van der Waals surface area contributed by atoms with Crippen molar-refractivity contribution >= 4 is 39.0 Å². The lowest BCUT2D eigenvalue weighted by atomic mass is 10.2. The van der Waals surface area contributed by atoms with Crippen LogP contribution < -0.4 is 15.8 Å². The standard InChI is InChI=1S/C14H19BrN2O2S/c1-3-10(4-2)17-13(18)8-19-12-6-5-9(15)7-11(12)14(16)20/h5-7,10H,3-4,8H2,1-2H3,(H2,16,20)(H,17,18). The first-order valence-electron chi connectivity index (χ1n) is 6.49. The lowest BCUT2D eigenvalue weighted by Gasteiger charge is -2.16. The van der Waals surface area contributed by atoms with Gasteiger partial charge in [-0.25, -0.2) is 0 Å². The Bertz CT molecular complexity index is 490. The molecule has 0 bridgehead atoms. The van der Waals surface area contributed by atoms with Crippen LogP contribution in [-0.4, -0.2) is 23.5 Å². The molecular weight excluding hydrogens is 340 g/mol. The van der Waals surface area contributed by atoms with Crippen molar-refractivity contribution in [1.29, 1.82) is 0 Å². The Morgan fingerprint density at radius 2 is 2.10 bits per heavy atom. The monoisotopic (exact) mass is 358 g/mol. The fourth-order valence-corrected chi connectivity index (χ4v) is 2.25. The van der Waals surface area contributed by atoms with Crippen LogP contribution in [0.1, 0.15) is 32.3 Å². The minimum atomic E-state index is -0.143. The molecule has 0 unspecified atom stereocenters. The Morgan fingerprint density at radius 1 is 1.45 bits per heavy atom. The quantitative estimate of drug-likeness (QED) is 0.735. The van der Waals surface area contributed by atoms with Crippen molar-refractivity contribution < 1.29 is 9.53 Å². The first-order valence-corrected chi connectivity index (χ1v) is 7.69. The van der Waals surface area contributed by atoms with E-state index in [0.29, 0.717) is 11.3 Å². The van der Waals surface area contributed by atoms with Gasteiger partial charge < -0.3 is 15.8 Å². The summed E-state index contributed by atoms with van der Waals surface area (Å²) in [6.07, 6.45) is 1.80. The minimum absolute atomic E-state index is 0.0479. The molecule has 0 saturated carbocycles. The van der Waals surface area contributed by atoms with Gasteiger partial charge in [-0.3, -0.25) is 4.79 Å². The van der Waals surface area contributed by atoms with E-state index < -0.39 is 0 Å². The topological polar surface area (TPSA) is 64.3 Å². The van der Waals surface area contributed by atoms with Crippen molar-refractivity contribution in [3.8, 4) is 5.75 Å². The van der Waals surface area contributed by atoms with Gasteiger partial charge in [0.25, 0.3) is 5.91 Å². The summed E-state index contributed by atoms with van der Waals surface area (Å²) in [6, 6.07) is 5.51. The number of halogens is 1. The van der Waals surface area contributed by atoms with Crippen LogP contribution in [-0.2, 0) is 4.79 Å². The maximum Gasteiger partial charge on any atom is 0.258 e. The molecule has 0 aromatic heterocycles. The van der Waals surface area contributed by atoms with Crippen LogP contribution in [0.25, 0.3) is 0 Å². The van der Waals surface area contributed by atoms with Gasteiger partial charge in [-0.15, -0.1) is 0 Å². The number of carbonyl (C=O) groups is 1. The van der Waals surface area contributed by atoms with Gasteiger partial charge in [-0.05, 0) is 31.0 Å². The highest BCUT2D eigenvalue weighted by molar-refractivity contribution is 9.10. The van der Waals surface area contributed by atoms with Gasteiger partial charge in [0, 0.05) is 10.5 Å². The van der Waals surface area contributed by atoms with Crippen molar-refractivity contribution in [1.82, 2.24) is 5.32 Å². The zero-order valence-electron chi connectivity index (χ0n) is 11.6. The third-order valence-corrected chi connectivity index (χ3v) is 3.63. The van der Waals surface area contributed by atoms with Crippen molar-refractivity contribution in [3.63, 3.8) is 0 Å². The summed E-state index contributed by atoms with van der Waals surface area (Å²) in [5.41, 5.74) is 6.26. The zero-order valence-corrected chi connectivity index (χ0v) is 14.0. The van der Waals surface area contributed by atoms with Crippen molar-refractivity contribution in [2.75, 3.05) is 6.61 Å². The smallest absolute Gasteiger partial charge is 0.258 e.